The van der Waals surface area contributed by atoms with Crippen LogP contribution in [0.4, 0.5) is 0 Å². The van der Waals surface area contributed by atoms with Crippen molar-refractivity contribution in [2.45, 2.75) is 25.6 Å². The molecule has 4 rings (SSSR count). The van der Waals surface area contributed by atoms with Gasteiger partial charge in [-0.2, -0.15) is 0 Å². The minimum absolute atomic E-state index is 0.0362. The van der Waals surface area contributed by atoms with Crippen molar-refractivity contribution >= 4 is 16.9 Å². The number of imidazole rings is 1. The Bertz CT molecular complexity index is 1080. The summed E-state index contributed by atoms with van der Waals surface area (Å²) in [4.78, 5) is 26.9. The second kappa shape index (κ2) is 6.70. The van der Waals surface area contributed by atoms with Gasteiger partial charge in [0.15, 0.2) is 0 Å². The van der Waals surface area contributed by atoms with E-state index in [1.54, 1.807) is 23.2 Å². The van der Waals surface area contributed by atoms with Crippen LogP contribution in [0.2, 0.25) is 0 Å². The van der Waals surface area contributed by atoms with E-state index in [2.05, 4.69) is 22.3 Å². The molecule has 1 aromatic heterocycles. The summed E-state index contributed by atoms with van der Waals surface area (Å²) in [6.45, 7) is 1.23. The van der Waals surface area contributed by atoms with Crippen molar-refractivity contribution in [3.05, 3.63) is 69.6 Å². The first-order chi connectivity index (χ1) is 13.0. The van der Waals surface area contributed by atoms with Crippen LogP contribution in [-0.4, -0.2) is 33.0 Å². The van der Waals surface area contributed by atoms with E-state index in [0.717, 1.165) is 29.6 Å². The molecule has 0 saturated carbocycles. The summed E-state index contributed by atoms with van der Waals surface area (Å²) in [5.41, 5.74) is 5.24. The molecule has 1 unspecified atom stereocenters. The van der Waals surface area contributed by atoms with Gasteiger partial charge in [-0.1, -0.05) is 30.3 Å². The molecule has 6 nitrogen and oxygen atoms in total. The lowest BCUT2D eigenvalue weighted by molar-refractivity contribution is -0.126. The van der Waals surface area contributed by atoms with Gasteiger partial charge in [0.05, 0.1) is 17.1 Å². The predicted molar refractivity (Wildman–Crippen MR) is 105 cm³/mol. The molecule has 6 heteroatoms. The van der Waals surface area contributed by atoms with Crippen molar-refractivity contribution < 1.29 is 4.79 Å². The van der Waals surface area contributed by atoms with E-state index in [9.17, 15) is 9.59 Å². The Hall–Kier alpha value is -2.86. The molecule has 27 heavy (non-hydrogen) atoms. The van der Waals surface area contributed by atoms with Crippen molar-refractivity contribution in [3.63, 3.8) is 0 Å². The van der Waals surface area contributed by atoms with E-state index in [1.807, 2.05) is 37.4 Å². The van der Waals surface area contributed by atoms with Crippen molar-refractivity contribution in [2.24, 2.45) is 14.1 Å². The topological polar surface area (TPSA) is 59.3 Å². The summed E-state index contributed by atoms with van der Waals surface area (Å²) in [5.74, 6) is 0.0362. The molecule has 0 saturated heterocycles. The number of rotatable bonds is 3. The number of likely N-dealkylation sites (N-methyl/N-ethyl adjacent to an activating group) is 1. The molecule has 0 aliphatic carbocycles. The fourth-order valence-corrected chi connectivity index (χ4v) is 3.92. The van der Waals surface area contributed by atoms with Gasteiger partial charge in [-0.15, -0.1) is 0 Å². The molecule has 140 valence electrons. The van der Waals surface area contributed by atoms with Gasteiger partial charge >= 0.3 is 5.69 Å². The van der Waals surface area contributed by atoms with Crippen LogP contribution in [-0.2, 0) is 38.4 Å². The highest BCUT2D eigenvalue weighted by molar-refractivity contribution is 5.82. The molecule has 0 bridgehead atoms. The molecular weight excluding hydrogens is 340 g/mol. The van der Waals surface area contributed by atoms with Crippen LogP contribution in [0.15, 0.2) is 47.3 Å². The number of benzene rings is 2. The zero-order valence-corrected chi connectivity index (χ0v) is 15.9. The fourth-order valence-electron chi connectivity index (χ4n) is 3.92. The average Bonchev–Trinajstić information content (AvgIpc) is 2.89. The van der Waals surface area contributed by atoms with Gasteiger partial charge in [0.2, 0.25) is 5.91 Å². The molecule has 1 atom stereocenters. The largest absolute Gasteiger partial charge is 0.351 e. The summed E-state index contributed by atoms with van der Waals surface area (Å²) in [5, 5.41) is 3.06. The molecule has 0 fully saturated rings. The minimum atomic E-state index is -0.162. The van der Waals surface area contributed by atoms with Crippen LogP contribution in [0.25, 0.3) is 11.0 Å². The molecule has 0 spiro atoms. The third-order valence-corrected chi connectivity index (χ3v) is 5.59. The average molecular weight is 364 g/mol. The molecule has 1 aliphatic heterocycles. The van der Waals surface area contributed by atoms with Gasteiger partial charge in [0, 0.05) is 27.2 Å². The van der Waals surface area contributed by atoms with Gasteiger partial charge in [-0.05, 0) is 42.3 Å². The minimum Gasteiger partial charge on any atom is -0.351 e. The first-order valence-corrected chi connectivity index (χ1v) is 9.15. The van der Waals surface area contributed by atoms with Crippen LogP contribution >= 0.6 is 0 Å². The van der Waals surface area contributed by atoms with E-state index >= 15 is 0 Å². The maximum absolute atomic E-state index is 12.8. The third-order valence-electron chi connectivity index (χ3n) is 5.59. The number of hydrogen-bond acceptors (Lipinski definition) is 3. The highest BCUT2D eigenvalue weighted by Gasteiger charge is 2.28. The summed E-state index contributed by atoms with van der Waals surface area (Å²) < 4.78 is 3.26. The van der Waals surface area contributed by atoms with E-state index in [1.165, 1.54) is 11.1 Å². The van der Waals surface area contributed by atoms with Crippen LogP contribution in [0, 0.1) is 0 Å². The Morgan fingerprint density at radius 3 is 2.52 bits per heavy atom. The quantitative estimate of drug-likeness (QED) is 0.767. The van der Waals surface area contributed by atoms with Gasteiger partial charge in [-0.25, -0.2) is 4.79 Å². The highest BCUT2D eigenvalue weighted by atomic mass is 16.2. The van der Waals surface area contributed by atoms with Crippen LogP contribution in [0.5, 0.6) is 0 Å². The molecule has 1 N–H and O–H groups in total. The van der Waals surface area contributed by atoms with E-state index in [4.69, 9.17) is 0 Å². The fraction of sp³-hybridized carbons (Fsp3) is 0.333. The number of nitrogens with one attached hydrogen (secondary N) is 1. The second-order valence-corrected chi connectivity index (χ2v) is 7.35. The standard InChI is InChI=1S/C21H24N4O2/c1-23-13-16-7-5-4-6-15(16)11-19(23)20(26)22-12-14-8-9-17-18(10-14)25(3)21(27)24(17)2/h4-10,19H,11-13H2,1-3H3,(H,22,26). The van der Waals surface area contributed by atoms with Crippen LogP contribution < -0.4 is 11.0 Å². The lowest BCUT2D eigenvalue weighted by atomic mass is 9.94. The van der Waals surface area contributed by atoms with Gasteiger partial charge in [-0.3, -0.25) is 18.8 Å². The number of nitrogens with zero attached hydrogens (tertiary/aromatic N) is 3. The molecule has 0 radical (unpaired) electrons. The molecular formula is C21H24N4O2. The van der Waals surface area contributed by atoms with E-state index < -0.39 is 0 Å². The number of aromatic nitrogens is 2. The van der Waals surface area contributed by atoms with Crippen molar-refractivity contribution in [2.75, 3.05) is 7.05 Å². The first-order valence-electron chi connectivity index (χ1n) is 9.15. The number of carbonyl (C=O) groups is 1. The maximum atomic E-state index is 12.8. The summed E-state index contributed by atoms with van der Waals surface area (Å²) in [7, 11) is 5.52. The number of amides is 1. The highest BCUT2D eigenvalue weighted by Crippen LogP contribution is 2.22. The zero-order valence-electron chi connectivity index (χ0n) is 15.9. The van der Waals surface area contributed by atoms with E-state index in [0.29, 0.717) is 6.54 Å². The monoisotopic (exact) mass is 364 g/mol. The molecule has 2 aromatic carbocycles. The Morgan fingerprint density at radius 2 is 1.74 bits per heavy atom. The molecule has 1 amide bonds. The lowest BCUT2D eigenvalue weighted by Crippen LogP contribution is -2.48. The third kappa shape index (κ3) is 3.06. The first kappa shape index (κ1) is 17.5. The number of hydrogen-bond donors (Lipinski definition) is 1. The molecule has 1 aliphatic rings. The van der Waals surface area contributed by atoms with Gasteiger partial charge < -0.3 is 5.32 Å². The SMILES string of the molecule is CN1Cc2ccccc2CC1C(=O)NCc1ccc2c(c1)n(C)c(=O)n2C. The Morgan fingerprint density at radius 1 is 1.04 bits per heavy atom. The smallest absolute Gasteiger partial charge is 0.328 e. The van der Waals surface area contributed by atoms with Crippen molar-refractivity contribution in [3.8, 4) is 0 Å². The zero-order chi connectivity index (χ0) is 19.1. The van der Waals surface area contributed by atoms with Gasteiger partial charge in [0.1, 0.15) is 0 Å². The Kier molecular flexibility index (Phi) is 4.36. The van der Waals surface area contributed by atoms with Gasteiger partial charge in [0.25, 0.3) is 0 Å². The second-order valence-electron chi connectivity index (χ2n) is 7.35. The normalized spacial score (nSPS) is 17.1. The summed E-state index contributed by atoms with van der Waals surface area (Å²) >= 11 is 0. The number of carbonyl (C=O) groups excluding carboxylic acids is 1. The number of fused-ring (bicyclic) bond motifs is 2. The lowest BCUT2D eigenvalue weighted by Gasteiger charge is -2.33. The Labute approximate surface area is 158 Å². The van der Waals surface area contributed by atoms with Crippen molar-refractivity contribution in [1.29, 1.82) is 0 Å². The summed E-state index contributed by atoms with van der Waals surface area (Å²) in [6.07, 6.45) is 0.727. The Balaban J connectivity index is 1.49. The van der Waals surface area contributed by atoms with E-state index in [-0.39, 0.29) is 17.6 Å². The predicted octanol–water partition coefficient (Wildman–Crippen LogP) is 1.55. The maximum Gasteiger partial charge on any atom is 0.328 e. The van der Waals surface area contributed by atoms with Crippen molar-refractivity contribution in [1.82, 2.24) is 19.4 Å². The summed E-state index contributed by atoms with van der Waals surface area (Å²) in [6, 6.07) is 14.0. The van der Waals surface area contributed by atoms with Crippen LogP contribution in [0.3, 0.4) is 0 Å². The van der Waals surface area contributed by atoms with Crippen LogP contribution in [0.1, 0.15) is 16.7 Å². The number of aryl methyl sites for hydroxylation is 2. The molecule has 2 heterocycles. The molecule has 3 aromatic rings.